The molecule has 0 aromatic heterocycles. The zero-order chi connectivity index (χ0) is 18.8. The molecule has 142 valence electrons. The van der Waals surface area contributed by atoms with Gasteiger partial charge in [-0.15, -0.1) is 0 Å². The van der Waals surface area contributed by atoms with E-state index < -0.39 is 47.8 Å². The highest BCUT2D eigenvalue weighted by molar-refractivity contribution is 5.69. The van der Waals surface area contributed by atoms with E-state index in [2.05, 4.69) is 0 Å². The first-order valence-corrected chi connectivity index (χ1v) is 8.08. The van der Waals surface area contributed by atoms with Gasteiger partial charge in [0.25, 0.3) is 0 Å². The highest BCUT2D eigenvalue weighted by Crippen LogP contribution is 2.44. The largest absolute Gasteiger partial charge is 0.462 e. The molecule has 2 heterocycles. The Kier molecular flexibility index (Phi) is 5.70. The molecule has 0 aromatic carbocycles. The standard InChI is InChI=1S/C16H24O9/c1-6-11(19)21-8-16(7-20-9(2)17)13(22-10(3)18)12-14(25-16)24-15(4,5)23-12/h12-14H,6-8H2,1-5H3/t12-,13-,14+,16+/m1/s1. The number of fused-ring (bicyclic) bond motifs is 1. The molecule has 0 radical (unpaired) electrons. The van der Waals surface area contributed by atoms with E-state index in [0.717, 1.165) is 0 Å². The molecule has 0 spiro atoms. The number of hydrogen-bond donors (Lipinski definition) is 0. The second-order valence-electron chi connectivity index (χ2n) is 6.48. The second-order valence-corrected chi connectivity index (χ2v) is 6.48. The molecule has 2 rings (SSSR count). The third-order valence-electron chi connectivity index (χ3n) is 3.83. The van der Waals surface area contributed by atoms with Gasteiger partial charge in [0.1, 0.15) is 13.2 Å². The zero-order valence-corrected chi connectivity index (χ0v) is 15.0. The minimum Gasteiger partial charge on any atom is -0.462 e. The van der Waals surface area contributed by atoms with Crippen molar-refractivity contribution < 1.29 is 42.8 Å². The van der Waals surface area contributed by atoms with Crippen molar-refractivity contribution in [3.8, 4) is 0 Å². The molecule has 25 heavy (non-hydrogen) atoms. The lowest BCUT2D eigenvalue weighted by Crippen LogP contribution is -2.54. The molecule has 4 atom stereocenters. The van der Waals surface area contributed by atoms with E-state index >= 15 is 0 Å². The first-order valence-electron chi connectivity index (χ1n) is 8.08. The highest BCUT2D eigenvalue weighted by Gasteiger charge is 2.65. The fraction of sp³-hybridized carbons (Fsp3) is 0.812. The molecule has 2 aliphatic heterocycles. The summed E-state index contributed by atoms with van der Waals surface area (Å²) in [6, 6.07) is 0. The smallest absolute Gasteiger partial charge is 0.305 e. The normalized spacial score (nSPS) is 32.8. The van der Waals surface area contributed by atoms with Gasteiger partial charge in [0.2, 0.25) is 0 Å². The highest BCUT2D eigenvalue weighted by atomic mass is 16.9. The van der Waals surface area contributed by atoms with E-state index in [1.165, 1.54) is 13.8 Å². The van der Waals surface area contributed by atoms with Crippen LogP contribution < -0.4 is 0 Å². The predicted molar refractivity (Wildman–Crippen MR) is 81.1 cm³/mol. The van der Waals surface area contributed by atoms with E-state index in [1.54, 1.807) is 20.8 Å². The van der Waals surface area contributed by atoms with Crippen molar-refractivity contribution in [1.82, 2.24) is 0 Å². The van der Waals surface area contributed by atoms with Crippen molar-refractivity contribution in [3.05, 3.63) is 0 Å². The van der Waals surface area contributed by atoms with Crippen molar-refractivity contribution in [2.45, 2.75) is 70.9 Å². The first-order chi connectivity index (χ1) is 11.6. The average molecular weight is 360 g/mol. The van der Waals surface area contributed by atoms with Crippen LogP contribution in [0.15, 0.2) is 0 Å². The van der Waals surface area contributed by atoms with Gasteiger partial charge in [0.05, 0.1) is 0 Å². The lowest BCUT2D eigenvalue weighted by atomic mass is 9.96. The van der Waals surface area contributed by atoms with E-state index in [4.69, 9.17) is 28.4 Å². The maximum atomic E-state index is 11.6. The summed E-state index contributed by atoms with van der Waals surface area (Å²) in [5.74, 6) is -2.52. The van der Waals surface area contributed by atoms with E-state index in [-0.39, 0.29) is 19.6 Å². The molecule has 0 bridgehead atoms. The Balaban J connectivity index is 2.28. The van der Waals surface area contributed by atoms with Crippen LogP contribution in [0.3, 0.4) is 0 Å². The molecular formula is C16H24O9. The number of rotatable bonds is 6. The van der Waals surface area contributed by atoms with Crippen molar-refractivity contribution in [2.75, 3.05) is 13.2 Å². The molecule has 2 saturated heterocycles. The quantitative estimate of drug-likeness (QED) is 0.499. The second kappa shape index (κ2) is 7.27. The molecule has 0 aliphatic carbocycles. The summed E-state index contributed by atoms with van der Waals surface area (Å²) in [7, 11) is 0. The number of carbonyl (C=O) groups excluding carboxylic acids is 3. The summed E-state index contributed by atoms with van der Waals surface area (Å²) in [4.78, 5) is 34.4. The van der Waals surface area contributed by atoms with Gasteiger partial charge in [-0.1, -0.05) is 6.92 Å². The van der Waals surface area contributed by atoms with Crippen LogP contribution in [0.2, 0.25) is 0 Å². The Hall–Kier alpha value is -1.71. The van der Waals surface area contributed by atoms with Gasteiger partial charge in [0, 0.05) is 20.3 Å². The lowest BCUT2D eigenvalue weighted by Gasteiger charge is -2.35. The predicted octanol–water partition coefficient (Wildman–Crippen LogP) is 0.681. The third-order valence-corrected chi connectivity index (χ3v) is 3.83. The Morgan fingerprint density at radius 2 is 1.60 bits per heavy atom. The van der Waals surface area contributed by atoms with Crippen molar-refractivity contribution in [2.24, 2.45) is 0 Å². The van der Waals surface area contributed by atoms with Gasteiger partial charge < -0.3 is 28.4 Å². The molecule has 0 unspecified atom stereocenters. The van der Waals surface area contributed by atoms with Crippen LogP contribution in [-0.4, -0.2) is 61.0 Å². The van der Waals surface area contributed by atoms with Crippen LogP contribution in [0.5, 0.6) is 0 Å². The Morgan fingerprint density at radius 3 is 2.16 bits per heavy atom. The van der Waals surface area contributed by atoms with Gasteiger partial charge in [0.15, 0.2) is 29.9 Å². The fourth-order valence-electron chi connectivity index (χ4n) is 2.81. The molecule has 2 aliphatic rings. The van der Waals surface area contributed by atoms with Gasteiger partial charge in [-0.25, -0.2) is 0 Å². The van der Waals surface area contributed by atoms with Crippen molar-refractivity contribution in [1.29, 1.82) is 0 Å². The summed E-state index contributed by atoms with van der Waals surface area (Å²) in [6.45, 7) is 6.96. The molecule has 0 saturated carbocycles. The van der Waals surface area contributed by atoms with Gasteiger partial charge in [-0.2, -0.15) is 0 Å². The summed E-state index contributed by atoms with van der Waals surface area (Å²) in [5, 5.41) is 0. The lowest BCUT2D eigenvalue weighted by molar-refractivity contribution is -0.258. The minimum atomic E-state index is -1.41. The molecular weight excluding hydrogens is 336 g/mol. The monoisotopic (exact) mass is 360 g/mol. The summed E-state index contributed by atoms with van der Waals surface area (Å²) < 4.78 is 33.0. The number of ether oxygens (including phenoxy) is 6. The van der Waals surface area contributed by atoms with Crippen molar-refractivity contribution in [3.63, 3.8) is 0 Å². The van der Waals surface area contributed by atoms with Crippen LogP contribution in [0.1, 0.15) is 41.0 Å². The van der Waals surface area contributed by atoms with E-state index in [1.807, 2.05) is 0 Å². The SMILES string of the molecule is CCC(=O)OC[C@]1(COC(C)=O)O[C@@H]2OC(C)(C)O[C@@H]2[C@H]1OC(C)=O. The van der Waals surface area contributed by atoms with Crippen LogP contribution in [0, 0.1) is 0 Å². The topological polar surface area (TPSA) is 107 Å². The van der Waals surface area contributed by atoms with Gasteiger partial charge in [-0.3, -0.25) is 14.4 Å². The van der Waals surface area contributed by atoms with Crippen LogP contribution in [0.4, 0.5) is 0 Å². The number of carbonyl (C=O) groups is 3. The third kappa shape index (κ3) is 4.47. The van der Waals surface area contributed by atoms with Gasteiger partial charge in [-0.05, 0) is 13.8 Å². The molecule has 2 fully saturated rings. The van der Waals surface area contributed by atoms with E-state index in [9.17, 15) is 14.4 Å². The maximum Gasteiger partial charge on any atom is 0.305 e. The van der Waals surface area contributed by atoms with Crippen molar-refractivity contribution >= 4 is 17.9 Å². The molecule has 9 heteroatoms. The summed E-state index contributed by atoms with van der Waals surface area (Å²) in [6.07, 6.45) is -2.40. The Labute approximate surface area is 145 Å². The number of hydrogen-bond acceptors (Lipinski definition) is 9. The molecule has 0 amide bonds. The Bertz CT molecular complexity index is 544. The molecule has 0 N–H and O–H groups in total. The molecule has 9 nitrogen and oxygen atoms in total. The maximum absolute atomic E-state index is 11.6. The summed E-state index contributed by atoms with van der Waals surface area (Å²) in [5.41, 5.74) is -1.41. The number of esters is 3. The summed E-state index contributed by atoms with van der Waals surface area (Å²) >= 11 is 0. The molecule has 0 aromatic rings. The minimum absolute atomic E-state index is 0.161. The first kappa shape index (κ1) is 19.6. The average Bonchev–Trinajstić information content (AvgIpc) is 2.93. The fourth-order valence-corrected chi connectivity index (χ4v) is 2.81. The van der Waals surface area contributed by atoms with E-state index in [0.29, 0.717) is 0 Å². The van der Waals surface area contributed by atoms with Crippen LogP contribution in [0.25, 0.3) is 0 Å². The zero-order valence-electron chi connectivity index (χ0n) is 15.0. The van der Waals surface area contributed by atoms with Crippen LogP contribution in [-0.2, 0) is 42.8 Å². The van der Waals surface area contributed by atoms with Gasteiger partial charge >= 0.3 is 17.9 Å². The Morgan fingerprint density at radius 1 is 0.960 bits per heavy atom. The van der Waals surface area contributed by atoms with Crippen LogP contribution >= 0.6 is 0 Å².